The van der Waals surface area contributed by atoms with E-state index in [0.29, 0.717) is 24.1 Å². The lowest BCUT2D eigenvalue weighted by Crippen LogP contribution is -2.42. The third kappa shape index (κ3) is 5.28. The van der Waals surface area contributed by atoms with Crippen LogP contribution in [0.2, 0.25) is 0 Å². The third-order valence-electron chi connectivity index (χ3n) is 4.88. The quantitative estimate of drug-likeness (QED) is 0.503. The fourth-order valence-corrected chi connectivity index (χ4v) is 4.26. The first-order chi connectivity index (χ1) is 13.2. The van der Waals surface area contributed by atoms with Crippen molar-refractivity contribution < 1.29 is 9.50 Å². The minimum atomic E-state index is -0.381. The Morgan fingerprint density at radius 1 is 1.30 bits per heavy atom. The van der Waals surface area contributed by atoms with E-state index < -0.39 is 0 Å². The smallest absolute Gasteiger partial charge is 0.191 e. The zero-order valence-electron chi connectivity index (χ0n) is 15.6. The number of nitrogens with one attached hydrogen (secondary N) is 2. The third-order valence-corrected chi connectivity index (χ3v) is 5.85. The molecule has 2 aromatic rings. The summed E-state index contributed by atoms with van der Waals surface area (Å²) in [5.41, 5.74) is 1.21. The molecule has 1 aliphatic rings. The first kappa shape index (κ1) is 19.8. The van der Waals surface area contributed by atoms with Gasteiger partial charge in [0, 0.05) is 30.6 Å². The molecule has 0 saturated carbocycles. The van der Waals surface area contributed by atoms with E-state index in [-0.39, 0.29) is 12.4 Å². The first-order valence-electron chi connectivity index (χ1n) is 9.31. The van der Waals surface area contributed by atoms with E-state index in [9.17, 15) is 9.50 Å². The fourth-order valence-electron chi connectivity index (χ4n) is 3.40. The van der Waals surface area contributed by atoms with Crippen LogP contribution in [0.1, 0.15) is 34.9 Å². The van der Waals surface area contributed by atoms with Gasteiger partial charge in [0.15, 0.2) is 5.96 Å². The summed E-state index contributed by atoms with van der Waals surface area (Å²) < 4.78 is 13.5. The lowest BCUT2D eigenvalue weighted by molar-refractivity contribution is 0.249. The Labute approximate surface area is 163 Å². The summed E-state index contributed by atoms with van der Waals surface area (Å²) in [6, 6.07) is 9.42. The summed E-state index contributed by atoms with van der Waals surface area (Å²) in [4.78, 5) is 8.19. The minimum Gasteiger partial charge on any atom is -0.392 e. The van der Waals surface area contributed by atoms with Crippen molar-refractivity contribution in [2.45, 2.75) is 32.0 Å². The molecular formula is C20H27FN4OS. The molecule has 0 amide bonds. The van der Waals surface area contributed by atoms with E-state index in [1.165, 1.54) is 23.8 Å². The van der Waals surface area contributed by atoms with Gasteiger partial charge >= 0.3 is 0 Å². The molecule has 5 nitrogen and oxygen atoms in total. The second-order valence-corrected chi connectivity index (χ2v) is 7.64. The van der Waals surface area contributed by atoms with Crippen molar-refractivity contribution in [1.82, 2.24) is 15.5 Å². The van der Waals surface area contributed by atoms with Crippen LogP contribution in [-0.4, -0.2) is 42.6 Å². The molecule has 27 heavy (non-hydrogen) atoms. The van der Waals surface area contributed by atoms with Gasteiger partial charge in [-0.3, -0.25) is 9.89 Å². The van der Waals surface area contributed by atoms with E-state index >= 15 is 0 Å². The van der Waals surface area contributed by atoms with E-state index in [0.717, 1.165) is 25.2 Å². The number of benzene rings is 1. The Kier molecular flexibility index (Phi) is 7.20. The molecule has 7 heteroatoms. The average molecular weight is 391 g/mol. The number of halogens is 1. The van der Waals surface area contributed by atoms with Crippen LogP contribution in [0.25, 0.3) is 0 Å². The second kappa shape index (κ2) is 9.82. The fraction of sp³-hybridized carbons (Fsp3) is 0.450. The van der Waals surface area contributed by atoms with Crippen LogP contribution >= 0.6 is 11.3 Å². The molecule has 0 aliphatic carbocycles. The van der Waals surface area contributed by atoms with Crippen LogP contribution in [0.5, 0.6) is 0 Å². The number of aliphatic hydroxyl groups is 1. The van der Waals surface area contributed by atoms with Gasteiger partial charge in [-0.05, 0) is 55.1 Å². The highest BCUT2D eigenvalue weighted by Crippen LogP contribution is 2.27. The lowest BCUT2D eigenvalue weighted by Gasteiger charge is -2.27. The maximum atomic E-state index is 13.5. The predicted molar refractivity (Wildman–Crippen MR) is 108 cm³/mol. The van der Waals surface area contributed by atoms with Crippen LogP contribution in [0.15, 0.2) is 40.7 Å². The first-order valence-corrected chi connectivity index (χ1v) is 10.2. The lowest BCUT2D eigenvalue weighted by atomic mass is 10.1. The van der Waals surface area contributed by atoms with Gasteiger partial charge in [0.1, 0.15) is 5.82 Å². The maximum Gasteiger partial charge on any atom is 0.191 e. The molecule has 1 aromatic carbocycles. The van der Waals surface area contributed by atoms with Gasteiger partial charge in [-0.2, -0.15) is 0 Å². The molecule has 1 aliphatic heterocycles. The zero-order chi connectivity index (χ0) is 19.1. The van der Waals surface area contributed by atoms with E-state index in [2.05, 4.69) is 38.0 Å². The predicted octanol–water partition coefficient (Wildman–Crippen LogP) is 2.88. The number of hydrogen-bond donors (Lipinski definition) is 3. The molecular weight excluding hydrogens is 363 g/mol. The number of thiophene rings is 1. The molecule has 146 valence electrons. The Morgan fingerprint density at radius 2 is 2.11 bits per heavy atom. The SMILES string of the molecule is CN=C(NCc1ccc(F)c(CO)c1)NCC(c1cccs1)N1CCCC1. The molecule has 0 radical (unpaired) electrons. The van der Waals surface area contributed by atoms with Crippen molar-refractivity contribution in [2.75, 3.05) is 26.7 Å². The Morgan fingerprint density at radius 3 is 2.78 bits per heavy atom. The van der Waals surface area contributed by atoms with Crippen molar-refractivity contribution in [2.24, 2.45) is 4.99 Å². The molecule has 1 fully saturated rings. The van der Waals surface area contributed by atoms with Crippen LogP contribution in [-0.2, 0) is 13.2 Å². The summed E-state index contributed by atoms with van der Waals surface area (Å²) >= 11 is 1.79. The number of nitrogens with zero attached hydrogens (tertiary/aromatic N) is 2. The highest BCUT2D eigenvalue weighted by atomic mass is 32.1. The van der Waals surface area contributed by atoms with Gasteiger partial charge in [0.2, 0.25) is 0 Å². The van der Waals surface area contributed by atoms with Gasteiger partial charge in [0.05, 0.1) is 12.6 Å². The molecule has 3 N–H and O–H groups in total. The Balaban J connectivity index is 1.57. The van der Waals surface area contributed by atoms with Crippen molar-refractivity contribution in [3.63, 3.8) is 0 Å². The van der Waals surface area contributed by atoms with Crippen LogP contribution in [0.3, 0.4) is 0 Å². The molecule has 0 bridgehead atoms. The molecule has 1 atom stereocenters. The summed E-state index contributed by atoms with van der Waals surface area (Å²) in [5.74, 6) is 0.332. The van der Waals surface area contributed by atoms with Gasteiger partial charge in [0.25, 0.3) is 0 Å². The topological polar surface area (TPSA) is 59.9 Å². The van der Waals surface area contributed by atoms with E-state index in [4.69, 9.17) is 0 Å². The number of aliphatic hydroxyl groups excluding tert-OH is 1. The van der Waals surface area contributed by atoms with Gasteiger partial charge in [-0.1, -0.05) is 12.1 Å². The van der Waals surface area contributed by atoms with Gasteiger partial charge in [-0.15, -0.1) is 11.3 Å². The minimum absolute atomic E-state index is 0.301. The second-order valence-electron chi connectivity index (χ2n) is 6.66. The molecule has 1 aromatic heterocycles. The number of likely N-dealkylation sites (tertiary alicyclic amines) is 1. The van der Waals surface area contributed by atoms with E-state index in [1.54, 1.807) is 30.5 Å². The number of hydrogen-bond acceptors (Lipinski definition) is 4. The van der Waals surface area contributed by atoms with Crippen LogP contribution < -0.4 is 10.6 Å². The van der Waals surface area contributed by atoms with E-state index in [1.807, 2.05) is 0 Å². The number of aliphatic imine (C=N–C) groups is 1. The monoisotopic (exact) mass is 390 g/mol. The standard InChI is InChI=1S/C20H27FN4OS/c1-22-20(23-12-15-6-7-17(21)16(11-15)14-26)24-13-18(19-5-4-10-27-19)25-8-2-3-9-25/h4-7,10-11,18,26H,2-3,8-9,12-14H2,1H3,(H2,22,23,24). The van der Waals surface area contributed by atoms with Gasteiger partial charge in [-0.25, -0.2) is 4.39 Å². The normalized spacial score (nSPS) is 16.5. The highest BCUT2D eigenvalue weighted by molar-refractivity contribution is 7.10. The molecule has 1 saturated heterocycles. The summed E-state index contributed by atoms with van der Waals surface area (Å²) in [5, 5.41) is 18.0. The summed E-state index contributed by atoms with van der Waals surface area (Å²) in [6.45, 7) is 3.27. The molecule has 0 spiro atoms. The zero-order valence-corrected chi connectivity index (χ0v) is 16.4. The Hall–Kier alpha value is -1.96. The summed E-state index contributed by atoms with van der Waals surface area (Å²) in [6.07, 6.45) is 2.51. The maximum absolute atomic E-state index is 13.5. The Bertz CT molecular complexity index is 744. The highest BCUT2D eigenvalue weighted by Gasteiger charge is 2.24. The molecule has 2 heterocycles. The van der Waals surface area contributed by atoms with Crippen molar-refractivity contribution in [1.29, 1.82) is 0 Å². The molecule has 3 rings (SSSR count). The summed E-state index contributed by atoms with van der Waals surface area (Å²) in [7, 11) is 1.75. The van der Waals surface area contributed by atoms with Gasteiger partial charge < -0.3 is 15.7 Å². The van der Waals surface area contributed by atoms with Crippen LogP contribution in [0.4, 0.5) is 4.39 Å². The van der Waals surface area contributed by atoms with Crippen molar-refractivity contribution in [3.8, 4) is 0 Å². The molecule has 1 unspecified atom stereocenters. The number of guanidine groups is 1. The largest absolute Gasteiger partial charge is 0.392 e. The average Bonchev–Trinajstić information content (AvgIpc) is 3.40. The van der Waals surface area contributed by atoms with Crippen molar-refractivity contribution in [3.05, 3.63) is 57.5 Å². The van der Waals surface area contributed by atoms with Crippen LogP contribution in [0, 0.1) is 5.82 Å². The number of rotatable bonds is 7. The van der Waals surface area contributed by atoms with Crippen molar-refractivity contribution >= 4 is 17.3 Å².